The Bertz CT molecular complexity index is 1200. The first-order valence-corrected chi connectivity index (χ1v) is 10.5. The largest absolute Gasteiger partial charge is 0.444 e. The van der Waals surface area contributed by atoms with Crippen LogP contribution in [0.3, 0.4) is 0 Å². The SMILES string of the molecule is Cn1ccnc1-c1sc(NC(=O)CNC(=O)c2ccc(Br)o2)nc1-c1ccccc1. The Kier molecular flexibility index (Phi) is 5.77. The van der Waals surface area contributed by atoms with Gasteiger partial charge in [0.15, 0.2) is 21.4 Å². The number of carbonyl (C=O) groups excluding carboxylic acids is 2. The van der Waals surface area contributed by atoms with Gasteiger partial charge < -0.3 is 19.6 Å². The number of thiazole rings is 1. The Balaban J connectivity index is 1.51. The third-order valence-electron chi connectivity index (χ3n) is 4.15. The third kappa shape index (κ3) is 4.34. The maximum atomic E-state index is 12.3. The van der Waals surface area contributed by atoms with E-state index in [-0.39, 0.29) is 12.3 Å². The quantitative estimate of drug-likeness (QED) is 0.430. The van der Waals surface area contributed by atoms with Crippen molar-refractivity contribution in [3.05, 3.63) is 65.3 Å². The average Bonchev–Trinajstić information content (AvgIpc) is 3.46. The summed E-state index contributed by atoms with van der Waals surface area (Å²) in [6.07, 6.45) is 3.56. The first-order valence-electron chi connectivity index (χ1n) is 8.88. The molecule has 3 heterocycles. The fourth-order valence-corrected chi connectivity index (χ4v) is 4.10. The zero-order chi connectivity index (χ0) is 21.1. The standard InChI is InChI=1S/C20H16BrN5O3S/c1-26-10-9-22-18(26)17-16(12-5-3-2-4-6-12)25-20(30-17)24-15(27)11-23-19(28)13-7-8-14(21)29-13/h2-10H,11H2,1H3,(H,23,28)(H,24,25,27). The van der Waals surface area contributed by atoms with E-state index in [1.807, 2.05) is 48.1 Å². The van der Waals surface area contributed by atoms with Crippen LogP contribution in [-0.4, -0.2) is 32.9 Å². The first kappa shape index (κ1) is 20.0. The van der Waals surface area contributed by atoms with Gasteiger partial charge in [0.25, 0.3) is 5.91 Å². The molecule has 2 N–H and O–H groups in total. The van der Waals surface area contributed by atoms with Gasteiger partial charge in [-0.25, -0.2) is 9.97 Å². The Hall–Kier alpha value is -3.24. The molecule has 0 aliphatic heterocycles. The summed E-state index contributed by atoms with van der Waals surface area (Å²) in [7, 11) is 1.90. The van der Waals surface area contributed by atoms with Gasteiger partial charge >= 0.3 is 0 Å². The number of nitrogens with one attached hydrogen (secondary N) is 2. The summed E-state index contributed by atoms with van der Waals surface area (Å²) in [4.78, 5) is 34.2. The predicted molar refractivity (Wildman–Crippen MR) is 117 cm³/mol. The molecule has 0 fully saturated rings. The maximum Gasteiger partial charge on any atom is 0.287 e. The van der Waals surface area contributed by atoms with E-state index in [1.165, 1.54) is 17.4 Å². The van der Waals surface area contributed by atoms with Crippen LogP contribution in [0.15, 0.2) is 63.9 Å². The molecule has 8 nitrogen and oxygen atoms in total. The lowest BCUT2D eigenvalue weighted by molar-refractivity contribution is -0.115. The monoisotopic (exact) mass is 485 g/mol. The highest BCUT2D eigenvalue weighted by Crippen LogP contribution is 2.38. The number of amides is 2. The van der Waals surface area contributed by atoms with Crippen molar-refractivity contribution in [1.29, 1.82) is 0 Å². The molecule has 0 atom stereocenters. The fraction of sp³-hybridized carbons (Fsp3) is 0.100. The summed E-state index contributed by atoms with van der Waals surface area (Å²) in [6.45, 7) is -0.213. The number of anilines is 1. The van der Waals surface area contributed by atoms with Crippen LogP contribution in [0.4, 0.5) is 5.13 Å². The molecule has 4 aromatic rings. The van der Waals surface area contributed by atoms with Crippen LogP contribution in [0.25, 0.3) is 22.0 Å². The Morgan fingerprint density at radius 2 is 2.00 bits per heavy atom. The Labute approximate surface area is 184 Å². The highest BCUT2D eigenvalue weighted by molar-refractivity contribution is 9.10. The highest BCUT2D eigenvalue weighted by atomic mass is 79.9. The van der Waals surface area contributed by atoms with Crippen molar-refractivity contribution in [2.75, 3.05) is 11.9 Å². The van der Waals surface area contributed by atoms with Crippen LogP contribution >= 0.6 is 27.3 Å². The van der Waals surface area contributed by atoms with Crippen LogP contribution < -0.4 is 10.6 Å². The van der Waals surface area contributed by atoms with Crippen LogP contribution in [0.5, 0.6) is 0 Å². The minimum absolute atomic E-state index is 0.118. The molecule has 0 radical (unpaired) electrons. The van der Waals surface area contributed by atoms with Gasteiger partial charge in [0.1, 0.15) is 0 Å². The van der Waals surface area contributed by atoms with E-state index in [0.29, 0.717) is 9.80 Å². The Morgan fingerprint density at radius 3 is 2.67 bits per heavy atom. The molecule has 0 bridgehead atoms. The predicted octanol–water partition coefficient (Wildman–Crippen LogP) is 3.93. The van der Waals surface area contributed by atoms with Crippen molar-refractivity contribution < 1.29 is 14.0 Å². The molecule has 0 aliphatic carbocycles. The molecule has 2 amide bonds. The van der Waals surface area contributed by atoms with E-state index in [4.69, 9.17) is 4.42 Å². The third-order valence-corrected chi connectivity index (χ3v) is 5.54. The second-order valence-corrected chi connectivity index (χ2v) is 8.04. The average molecular weight is 486 g/mol. The van der Waals surface area contributed by atoms with Gasteiger partial charge in [-0.15, -0.1) is 0 Å². The van der Waals surface area contributed by atoms with Gasteiger partial charge in [0, 0.05) is 25.0 Å². The van der Waals surface area contributed by atoms with Crippen LogP contribution in [0.1, 0.15) is 10.6 Å². The normalized spacial score (nSPS) is 10.7. The van der Waals surface area contributed by atoms with Crippen molar-refractivity contribution in [3.8, 4) is 22.0 Å². The summed E-state index contributed by atoms with van der Waals surface area (Å²) >= 11 is 4.46. The molecular weight excluding hydrogens is 470 g/mol. The van der Waals surface area contributed by atoms with Crippen LogP contribution in [-0.2, 0) is 11.8 Å². The van der Waals surface area contributed by atoms with Crippen molar-refractivity contribution >= 4 is 44.2 Å². The lowest BCUT2D eigenvalue weighted by Crippen LogP contribution is -2.32. The van der Waals surface area contributed by atoms with E-state index in [0.717, 1.165) is 22.0 Å². The Morgan fingerprint density at radius 1 is 1.20 bits per heavy atom. The van der Waals surface area contributed by atoms with Gasteiger partial charge in [0.2, 0.25) is 5.91 Å². The number of aryl methyl sites for hydroxylation is 1. The first-order chi connectivity index (χ1) is 14.5. The van der Waals surface area contributed by atoms with E-state index < -0.39 is 11.8 Å². The lowest BCUT2D eigenvalue weighted by Gasteiger charge is -2.03. The summed E-state index contributed by atoms with van der Waals surface area (Å²) in [5.74, 6) is -0.00158. The molecule has 0 aliphatic rings. The minimum Gasteiger partial charge on any atom is -0.444 e. The zero-order valence-corrected chi connectivity index (χ0v) is 18.2. The molecule has 10 heteroatoms. The van der Waals surface area contributed by atoms with Crippen molar-refractivity contribution in [2.24, 2.45) is 7.05 Å². The molecule has 3 aromatic heterocycles. The number of carbonyl (C=O) groups is 2. The second-order valence-electron chi connectivity index (χ2n) is 6.26. The summed E-state index contributed by atoms with van der Waals surface area (Å²) < 4.78 is 7.51. The number of aromatic nitrogens is 3. The topological polar surface area (TPSA) is 102 Å². The van der Waals surface area contributed by atoms with Crippen molar-refractivity contribution in [2.45, 2.75) is 0 Å². The van der Waals surface area contributed by atoms with Crippen molar-refractivity contribution in [3.63, 3.8) is 0 Å². The summed E-state index contributed by atoms with van der Waals surface area (Å²) in [5, 5.41) is 5.68. The number of imidazole rings is 1. The van der Waals surface area contributed by atoms with Gasteiger partial charge in [0.05, 0.1) is 17.1 Å². The van der Waals surface area contributed by atoms with E-state index in [9.17, 15) is 9.59 Å². The molecule has 1 aromatic carbocycles. The van der Waals surface area contributed by atoms with Crippen LogP contribution in [0.2, 0.25) is 0 Å². The molecule has 30 heavy (non-hydrogen) atoms. The number of furan rings is 1. The van der Waals surface area contributed by atoms with Gasteiger partial charge in [-0.3, -0.25) is 9.59 Å². The van der Waals surface area contributed by atoms with E-state index >= 15 is 0 Å². The molecule has 0 saturated carbocycles. The number of nitrogens with zero attached hydrogens (tertiary/aromatic N) is 3. The minimum atomic E-state index is -0.478. The molecule has 0 saturated heterocycles. The molecule has 0 unspecified atom stereocenters. The second kappa shape index (κ2) is 8.64. The lowest BCUT2D eigenvalue weighted by atomic mass is 10.1. The zero-order valence-electron chi connectivity index (χ0n) is 15.8. The number of rotatable bonds is 6. The highest BCUT2D eigenvalue weighted by Gasteiger charge is 2.19. The van der Waals surface area contributed by atoms with E-state index in [1.54, 1.807) is 12.3 Å². The smallest absolute Gasteiger partial charge is 0.287 e. The molecule has 152 valence electrons. The van der Waals surface area contributed by atoms with Crippen molar-refractivity contribution in [1.82, 2.24) is 19.9 Å². The molecule has 0 spiro atoms. The fourth-order valence-electron chi connectivity index (χ4n) is 2.75. The summed E-state index contributed by atoms with van der Waals surface area (Å²) in [5.41, 5.74) is 1.65. The maximum absolute atomic E-state index is 12.3. The van der Waals surface area contributed by atoms with E-state index in [2.05, 4.69) is 36.5 Å². The number of halogens is 1. The number of hydrogen-bond donors (Lipinski definition) is 2. The number of benzene rings is 1. The summed E-state index contributed by atoms with van der Waals surface area (Å²) in [6, 6.07) is 12.8. The molecular formula is C20H16BrN5O3S. The van der Waals surface area contributed by atoms with Crippen LogP contribution in [0, 0.1) is 0 Å². The number of hydrogen-bond acceptors (Lipinski definition) is 6. The van der Waals surface area contributed by atoms with Gasteiger partial charge in [-0.05, 0) is 28.1 Å². The van der Waals surface area contributed by atoms with Gasteiger partial charge in [-0.2, -0.15) is 0 Å². The molecule has 4 rings (SSSR count). The van der Waals surface area contributed by atoms with Gasteiger partial charge in [-0.1, -0.05) is 41.7 Å².